The Morgan fingerprint density at radius 3 is 2.29 bits per heavy atom. The second-order valence-electron chi connectivity index (χ2n) is 7.72. The predicted molar refractivity (Wildman–Crippen MR) is 126 cm³/mol. The van der Waals surface area contributed by atoms with Gasteiger partial charge in [-0.2, -0.15) is 4.98 Å². The van der Waals surface area contributed by atoms with Crippen LogP contribution in [0.1, 0.15) is 33.6 Å². The van der Waals surface area contributed by atoms with Gasteiger partial charge in [-0.3, -0.25) is 14.4 Å². The number of amides is 3. The molecule has 0 saturated carbocycles. The molecule has 0 radical (unpaired) electrons. The van der Waals surface area contributed by atoms with Crippen LogP contribution < -0.4 is 30.7 Å². The molecule has 0 spiro atoms. The zero-order valence-electron chi connectivity index (χ0n) is 19.1. The summed E-state index contributed by atoms with van der Waals surface area (Å²) in [6, 6.07) is 9.61. The Hall–Kier alpha value is -3.37. The predicted octanol–water partition coefficient (Wildman–Crippen LogP) is 1.15. The highest BCUT2D eigenvalue weighted by molar-refractivity contribution is 6.30. The van der Waals surface area contributed by atoms with E-state index in [1.807, 2.05) is 0 Å². The molecular formula is C23H28ClN5O5. The van der Waals surface area contributed by atoms with Crippen LogP contribution in [0.3, 0.4) is 0 Å². The number of hydrogen-bond acceptors (Lipinski definition) is 7. The van der Waals surface area contributed by atoms with E-state index in [1.165, 1.54) is 14.2 Å². The number of piperidine rings is 1. The topological polar surface area (TPSA) is 131 Å². The maximum Gasteiger partial charge on any atom is 0.257 e. The fourth-order valence-corrected chi connectivity index (χ4v) is 3.76. The fourth-order valence-electron chi connectivity index (χ4n) is 3.64. The first-order chi connectivity index (χ1) is 16.4. The molecule has 0 atom stereocenters. The maximum absolute atomic E-state index is 13.1. The van der Waals surface area contributed by atoms with Gasteiger partial charge in [0, 0.05) is 29.7 Å². The number of pyridine rings is 1. The van der Waals surface area contributed by atoms with Crippen LogP contribution in [0.4, 0.5) is 0 Å². The Bertz CT molecular complexity index is 1020. The van der Waals surface area contributed by atoms with Gasteiger partial charge >= 0.3 is 0 Å². The first-order valence-corrected chi connectivity index (χ1v) is 11.2. The summed E-state index contributed by atoms with van der Waals surface area (Å²) in [5.41, 5.74) is -0.433. The quantitative estimate of drug-likeness (QED) is 0.389. The standard InChI is InChI=1S/C23H28ClN5O5/c1-33-18-8-7-17(21(28-18)34-2)20(31)29-23(9-11-25-12-10-23)22(32)27-14-13-26-19(30)15-3-5-16(24)6-4-15/h3-8,25H,9-14H2,1-2H3,(H,26,30)(H,27,32)(H,29,31). The lowest BCUT2D eigenvalue weighted by Crippen LogP contribution is -2.63. The third-order valence-electron chi connectivity index (χ3n) is 5.53. The summed E-state index contributed by atoms with van der Waals surface area (Å²) >= 11 is 5.84. The van der Waals surface area contributed by atoms with Gasteiger partial charge in [0.1, 0.15) is 11.1 Å². The van der Waals surface area contributed by atoms with Crippen molar-refractivity contribution in [2.45, 2.75) is 18.4 Å². The van der Waals surface area contributed by atoms with Crippen molar-refractivity contribution in [1.82, 2.24) is 26.3 Å². The molecule has 2 heterocycles. The van der Waals surface area contributed by atoms with E-state index < -0.39 is 11.4 Å². The van der Waals surface area contributed by atoms with Crippen molar-refractivity contribution in [2.24, 2.45) is 0 Å². The average molecular weight is 490 g/mol. The molecule has 1 fully saturated rings. The van der Waals surface area contributed by atoms with Gasteiger partial charge in [-0.15, -0.1) is 0 Å². The van der Waals surface area contributed by atoms with Crippen LogP contribution in [-0.2, 0) is 4.79 Å². The van der Waals surface area contributed by atoms with Gasteiger partial charge in [-0.25, -0.2) is 0 Å². The summed E-state index contributed by atoms with van der Waals surface area (Å²) in [6.45, 7) is 1.57. The van der Waals surface area contributed by atoms with E-state index in [2.05, 4.69) is 26.3 Å². The number of rotatable bonds is 9. The highest BCUT2D eigenvalue weighted by Gasteiger charge is 2.41. The van der Waals surface area contributed by atoms with E-state index in [9.17, 15) is 14.4 Å². The van der Waals surface area contributed by atoms with Crippen LogP contribution in [0.15, 0.2) is 36.4 Å². The Balaban J connectivity index is 1.61. The molecule has 1 aliphatic rings. The summed E-state index contributed by atoms with van der Waals surface area (Å²) < 4.78 is 10.3. The van der Waals surface area contributed by atoms with E-state index >= 15 is 0 Å². The smallest absolute Gasteiger partial charge is 0.257 e. The van der Waals surface area contributed by atoms with Gasteiger partial charge in [0.15, 0.2) is 0 Å². The Morgan fingerprint density at radius 1 is 0.971 bits per heavy atom. The second kappa shape index (κ2) is 11.7. The number of methoxy groups -OCH3 is 2. The molecular weight excluding hydrogens is 462 g/mol. The van der Waals surface area contributed by atoms with Crippen LogP contribution >= 0.6 is 11.6 Å². The summed E-state index contributed by atoms with van der Waals surface area (Å²) in [5, 5.41) is 12.2. The van der Waals surface area contributed by atoms with Crippen molar-refractivity contribution in [3.63, 3.8) is 0 Å². The third-order valence-corrected chi connectivity index (χ3v) is 5.78. The van der Waals surface area contributed by atoms with Crippen molar-refractivity contribution in [3.05, 3.63) is 52.5 Å². The van der Waals surface area contributed by atoms with Crippen molar-refractivity contribution in [1.29, 1.82) is 0 Å². The minimum atomic E-state index is -1.10. The third kappa shape index (κ3) is 6.15. The Morgan fingerprint density at radius 2 is 1.65 bits per heavy atom. The number of ether oxygens (including phenoxy) is 2. The molecule has 182 valence electrons. The molecule has 0 aliphatic carbocycles. The van der Waals surface area contributed by atoms with Gasteiger partial charge in [-0.1, -0.05) is 11.6 Å². The number of carbonyl (C=O) groups excluding carboxylic acids is 3. The molecule has 1 aromatic carbocycles. The van der Waals surface area contributed by atoms with Crippen LogP contribution in [0.5, 0.6) is 11.8 Å². The summed E-state index contributed by atoms with van der Waals surface area (Å²) in [6.07, 6.45) is 0.821. The SMILES string of the molecule is COc1ccc(C(=O)NC2(C(=O)NCCNC(=O)c3ccc(Cl)cc3)CCNCC2)c(OC)n1. The highest BCUT2D eigenvalue weighted by atomic mass is 35.5. The summed E-state index contributed by atoms with van der Waals surface area (Å²) in [4.78, 5) is 42.6. The number of hydrogen-bond donors (Lipinski definition) is 4. The van der Waals surface area contributed by atoms with Crippen LogP contribution in [0.25, 0.3) is 0 Å². The van der Waals surface area contributed by atoms with Crippen LogP contribution in [0, 0.1) is 0 Å². The van der Waals surface area contributed by atoms with E-state index in [0.717, 1.165) is 0 Å². The van der Waals surface area contributed by atoms with Crippen LogP contribution in [-0.4, -0.2) is 68.6 Å². The largest absolute Gasteiger partial charge is 0.481 e. The zero-order chi connectivity index (χ0) is 24.6. The Labute approximate surface area is 202 Å². The van der Waals surface area contributed by atoms with Crippen molar-refractivity contribution >= 4 is 29.3 Å². The summed E-state index contributed by atoms with van der Waals surface area (Å²) in [7, 11) is 2.87. The number of benzene rings is 1. The zero-order valence-corrected chi connectivity index (χ0v) is 19.8. The van der Waals surface area contributed by atoms with Crippen molar-refractivity contribution < 1.29 is 23.9 Å². The number of halogens is 1. The lowest BCUT2D eigenvalue weighted by Gasteiger charge is -2.37. The molecule has 11 heteroatoms. The van der Waals surface area contributed by atoms with Crippen molar-refractivity contribution in [3.8, 4) is 11.8 Å². The fraction of sp³-hybridized carbons (Fsp3) is 0.391. The van der Waals surface area contributed by atoms with E-state index in [1.54, 1.807) is 36.4 Å². The molecule has 0 bridgehead atoms. The molecule has 34 heavy (non-hydrogen) atoms. The second-order valence-corrected chi connectivity index (χ2v) is 8.15. The molecule has 1 saturated heterocycles. The maximum atomic E-state index is 13.1. The minimum Gasteiger partial charge on any atom is -0.481 e. The lowest BCUT2D eigenvalue weighted by atomic mass is 9.86. The average Bonchev–Trinajstić information content (AvgIpc) is 2.86. The molecule has 10 nitrogen and oxygen atoms in total. The van der Waals surface area contributed by atoms with Gasteiger partial charge in [-0.05, 0) is 56.3 Å². The number of nitrogens with one attached hydrogen (secondary N) is 4. The molecule has 3 rings (SSSR count). The normalized spacial score (nSPS) is 14.6. The van der Waals surface area contributed by atoms with Crippen molar-refractivity contribution in [2.75, 3.05) is 40.4 Å². The van der Waals surface area contributed by atoms with Gasteiger partial charge in [0.25, 0.3) is 11.8 Å². The number of carbonyl (C=O) groups is 3. The monoisotopic (exact) mass is 489 g/mol. The van der Waals surface area contributed by atoms with E-state index in [-0.39, 0.29) is 36.3 Å². The molecule has 3 amide bonds. The molecule has 1 aliphatic heterocycles. The Kier molecular flexibility index (Phi) is 8.67. The van der Waals surface area contributed by atoms with Gasteiger partial charge < -0.3 is 30.7 Å². The lowest BCUT2D eigenvalue weighted by molar-refractivity contribution is -0.128. The van der Waals surface area contributed by atoms with Crippen LogP contribution in [0.2, 0.25) is 5.02 Å². The molecule has 2 aromatic rings. The van der Waals surface area contributed by atoms with E-state index in [0.29, 0.717) is 42.4 Å². The van der Waals surface area contributed by atoms with Gasteiger partial charge in [0.2, 0.25) is 17.7 Å². The molecule has 1 aromatic heterocycles. The minimum absolute atomic E-state index is 0.103. The number of aromatic nitrogens is 1. The first-order valence-electron chi connectivity index (χ1n) is 10.8. The summed E-state index contributed by atoms with van der Waals surface area (Å²) in [5.74, 6) is -0.645. The molecule has 0 unspecified atom stereocenters. The van der Waals surface area contributed by atoms with E-state index in [4.69, 9.17) is 21.1 Å². The highest BCUT2D eigenvalue weighted by Crippen LogP contribution is 2.23. The molecule has 4 N–H and O–H groups in total. The number of nitrogens with zero attached hydrogens (tertiary/aromatic N) is 1. The van der Waals surface area contributed by atoms with Gasteiger partial charge in [0.05, 0.1) is 14.2 Å². The first kappa shape index (κ1) is 25.3.